The Balaban J connectivity index is 1.82. The average Bonchev–Trinajstić information content (AvgIpc) is 2.37. The van der Waals surface area contributed by atoms with Crippen LogP contribution >= 0.6 is 11.8 Å². The standard InChI is InChI=1S/C16H19N3OS/c1-11-6-12(2)8-14(7-11)19-15(20)4-5-21-16-9-13(3)17-10-18-16/h6-10H,4-5H2,1-3H3,(H,19,20). The SMILES string of the molecule is Cc1cc(C)cc(NC(=O)CCSc2cc(C)ncn2)c1. The number of amides is 1. The Morgan fingerprint density at radius 2 is 1.81 bits per heavy atom. The van der Waals surface area contributed by atoms with Gasteiger partial charge in [0.25, 0.3) is 0 Å². The van der Waals surface area contributed by atoms with Crippen LogP contribution in [0.4, 0.5) is 5.69 Å². The molecular formula is C16H19N3OS. The minimum atomic E-state index is 0.0262. The van der Waals surface area contributed by atoms with Gasteiger partial charge in [-0.3, -0.25) is 4.79 Å². The highest BCUT2D eigenvalue weighted by Gasteiger charge is 2.05. The van der Waals surface area contributed by atoms with Crippen molar-refractivity contribution in [1.29, 1.82) is 0 Å². The van der Waals surface area contributed by atoms with Crippen LogP contribution in [0.5, 0.6) is 0 Å². The van der Waals surface area contributed by atoms with Gasteiger partial charge in [-0.25, -0.2) is 9.97 Å². The fourth-order valence-corrected chi connectivity index (χ4v) is 2.90. The number of benzene rings is 1. The number of aryl methyl sites for hydroxylation is 3. The molecule has 5 heteroatoms. The molecule has 1 aromatic carbocycles. The molecule has 0 unspecified atom stereocenters. The molecule has 0 aliphatic rings. The van der Waals surface area contributed by atoms with Gasteiger partial charge in [-0.2, -0.15) is 0 Å². The average molecular weight is 301 g/mol. The summed E-state index contributed by atoms with van der Waals surface area (Å²) in [7, 11) is 0. The van der Waals surface area contributed by atoms with Crippen molar-refractivity contribution in [1.82, 2.24) is 9.97 Å². The number of nitrogens with zero attached hydrogens (tertiary/aromatic N) is 2. The summed E-state index contributed by atoms with van der Waals surface area (Å²) < 4.78 is 0. The van der Waals surface area contributed by atoms with Crippen LogP contribution in [0.1, 0.15) is 23.2 Å². The fraction of sp³-hybridized carbons (Fsp3) is 0.312. The van der Waals surface area contributed by atoms with Gasteiger partial charge in [-0.05, 0) is 50.1 Å². The molecule has 21 heavy (non-hydrogen) atoms. The number of anilines is 1. The second-order valence-corrected chi connectivity index (χ2v) is 6.14. The summed E-state index contributed by atoms with van der Waals surface area (Å²) in [6, 6.07) is 7.97. The monoisotopic (exact) mass is 301 g/mol. The molecule has 1 amide bonds. The van der Waals surface area contributed by atoms with E-state index in [0.717, 1.165) is 27.5 Å². The molecule has 0 spiro atoms. The minimum absolute atomic E-state index is 0.0262. The van der Waals surface area contributed by atoms with E-state index in [1.807, 2.05) is 39.0 Å². The molecular weight excluding hydrogens is 282 g/mol. The van der Waals surface area contributed by atoms with E-state index in [-0.39, 0.29) is 5.91 Å². The lowest BCUT2D eigenvalue weighted by atomic mass is 10.1. The molecule has 0 fully saturated rings. The third-order valence-corrected chi connectivity index (χ3v) is 3.79. The van der Waals surface area contributed by atoms with Gasteiger partial charge in [-0.1, -0.05) is 6.07 Å². The van der Waals surface area contributed by atoms with E-state index in [4.69, 9.17) is 0 Å². The maximum Gasteiger partial charge on any atom is 0.225 e. The molecule has 0 atom stereocenters. The lowest BCUT2D eigenvalue weighted by molar-refractivity contribution is -0.115. The zero-order valence-electron chi connectivity index (χ0n) is 12.5. The Morgan fingerprint density at radius 1 is 1.10 bits per heavy atom. The molecule has 0 aliphatic heterocycles. The molecule has 0 saturated heterocycles. The quantitative estimate of drug-likeness (QED) is 0.678. The molecule has 1 N–H and O–H groups in total. The van der Waals surface area contributed by atoms with E-state index < -0.39 is 0 Å². The van der Waals surface area contributed by atoms with E-state index in [1.165, 1.54) is 0 Å². The Kier molecular flexibility index (Phi) is 5.33. The Morgan fingerprint density at radius 3 is 2.48 bits per heavy atom. The van der Waals surface area contributed by atoms with Crippen LogP contribution in [-0.2, 0) is 4.79 Å². The largest absolute Gasteiger partial charge is 0.326 e. The Bertz CT molecular complexity index is 623. The number of hydrogen-bond acceptors (Lipinski definition) is 4. The van der Waals surface area contributed by atoms with Crippen molar-refractivity contribution in [3.05, 3.63) is 47.4 Å². The second-order valence-electron chi connectivity index (χ2n) is 5.02. The van der Waals surface area contributed by atoms with Crippen LogP contribution in [0.2, 0.25) is 0 Å². The maximum atomic E-state index is 11.9. The van der Waals surface area contributed by atoms with E-state index in [0.29, 0.717) is 12.2 Å². The molecule has 110 valence electrons. The van der Waals surface area contributed by atoms with Crippen molar-refractivity contribution in [3.8, 4) is 0 Å². The lowest BCUT2D eigenvalue weighted by Gasteiger charge is -2.07. The van der Waals surface area contributed by atoms with Gasteiger partial charge in [-0.15, -0.1) is 11.8 Å². The van der Waals surface area contributed by atoms with E-state index in [1.54, 1.807) is 18.1 Å². The van der Waals surface area contributed by atoms with E-state index in [2.05, 4.69) is 21.4 Å². The molecule has 0 radical (unpaired) electrons. The van der Waals surface area contributed by atoms with Crippen molar-refractivity contribution >= 4 is 23.4 Å². The number of carbonyl (C=O) groups is 1. The molecule has 2 aromatic rings. The van der Waals surface area contributed by atoms with E-state index >= 15 is 0 Å². The summed E-state index contributed by atoms with van der Waals surface area (Å²) in [5.74, 6) is 0.728. The number of hydrogen-bond donors (Lipinski definition) is 1. The van der Waals surface area contributed by atoms with Gasteiger partial charge < -0.3 is 5.32 Å². The lowest BCUT2D eigenvalue weighted by Crippen LogP contribution is -2.12. The minimum Gasteiger partial charge on any atom is -0.326 e. The summed E-state index contributed by atoms with van der Waals surface area (Å²) in [6.07, 6.45) is 2.01. The first-order valence-corrected chi connectivity index (χ1v) is 7.81. The highest BCUT2D eigenvalue weighted by molar-refractivity contribution is 7.99. The third kappa shape index (κ3) is 5.19. The van der Waals surface area contributed by atoms with Crippen LogP contribution in [0.25, 0.3) is 0 Å². The van der Waals surface area contributed by atoms with Gasteiger partial charge in [0.2, 0.25) is 5.91 Å². The first-order chi connectivity index (χ1) is 10.0. The van der Waals surface area contributed by atoms with Crippen LogP contribution in [0.15, 0.2) is 35.6 Å². The molecule has 2 rings (SSSR count). The summed E-state index contributed by atoms with van der Waals surface area (Å²) in [4.78, 5) is 20.2. The fourth-order valence-electron chi connectivity index (χ4n) is 2.03. The molecule has 1 aromatic heterocycles. The topological polar surface area (TPSA) is 54.9 Å². The summed E-state index contributed by atoms with van der Waals surface area (Å²) in [5.41, 5.74) is 4.10. The molecule has 0 bridgehead atoms. The molecule has 4 nitrogen and oxygen atoms in total. The Labute approximate surface area is 129 Å². The van der Waals surface area contributed by atoms with Crippen LogP contribution in [0, 0.1) is 20.8 Å². The van der Waals surface area contributed by atoms with Crippen LogP contribution < -0.4 is 5.32 Å². The van der Waals surface area contributed by atoms with Crippen molar-refractivity contribution < 1.29 is 4.79 Å². The smallest absolute Gasteiger partial charge is 0.225 e. The Hall–Kier alpha value is -1.88. The van der Waals surface area contributed by atoms with Crippen molar-refractivity contribution in [2.24, 2.45) is 0 Å². The third-order valence-electron chi connectivity index (χ3n) is 2.86. The zero-order chi connectivity index (χ0) is 15.2. The second kappa shape index (κ2) is 7.22. The summed E-state index contributed by atoms with van der Waals surface area (Å²) >= 11 is 1.57. The van der Waals surface area contributed by atoms with E-state index in [9.17, 15) is 4.79 Å². The van der Waals surface area contributed by atoms with Gasteiger partial charge in [0.1, 0.15) is 6.33 Å². The summed E-state index contributed by atoms with van der Waals surface area (Å²) in [5, 5.41) is 3.84. The van der Waals surface area contributed by atoms with Crippen molar-refractivity contribution in [3.63, 3.8) is 0 Å². The highest BCUT2D eigenvalue weighted by Crippen LogP contribution is 2.17. The van der Waals surface area contributed by atoms with Gasteiger partial charge in [0.15, 0.2) is 0 Å². The number of aromatic nitrogens is 2. The summed E-state index contributed by atoms with van der Waals surface area (Å²) in [6.45, 7) is 5.98. The van der Waals surface area contributed by atoms with Crippen LogP contribution in [-0.4, -0.2) is 21.6 Å². The molecule has 1 heterocycles. The first-order valence-electron chi connectivity index (χ1n) is 6.82. The van der Waals surface area contributed by atoms with Crippen LogP contribution in [0.3, 0.4) is 0 Å². The predicted molar refractivity (Wildman–Crippen MR) is 86.7 cm³/mol. The number of nitrogens with one attached hydrogen (secondary N) is 1. The van der Waals surface area contributed by atoms with Gasteiger partial charge in [0, 0.05) is 23.6 Å². The highest BCUT2D eigenvalue weighted by atomic mass is 32.2. The van der Waals surface area contributed by atoms with Gasteiger partial charge >= 0.3 is 0 Å². The zero-order valence-corrected chi connectivity index (χ0v) is 13.3. The maximum absolute atomic E-state index is 11.9. The number of carbonyl (C=O) groups excluding carboxylic acids is 1. The number of thioether (sulfide) groups is 1. The number of rotatable bonds is 5. The first kappa shape index (κ1) is 15.5. The van der Waals surface area contributed by atoms with Crippen molar-refractivity contribution in [2.75, 3.05) is 11.1 Å². The van der Waals surface area contributed by atoms with Gasteiger partial charge in [0.05, 0.1) is 5.03 Å². The predicted octanol–water partition coefficient (Wildman–Crippen LogP) is 3.52. The molecule has 0 aliphatic carbocycles. The van der Waals surface area contributed by atoms with Crippen molar-refractivity contribution in [2.45, 2.75) is 32.2 Å². The molecule has 0 saturated carbocycles. The normalized spacial score (nSPS) is 10.4.